The number of benzene rings is 1. The largest absolute Gasteiger partial charge is 0.417 e. The van der Waals surface area contributed by atoms with Crippen molar-refractivity contribution in [2.45, 2.75) is 37.9 Å². The van der Waals surface area contributed by atoms with Gasteiger partial charge in [0.25, 0.3) is 5.91 Å². The predicted molar refractivity (Wildman–Crippen MR) is 61.2 cm³/mol. The van der Waals surface area contributed by atoms with Crippen LogP contribution in [-0.4, -0.2) is 11.9 Å². The van der Waals surface area contributed by atoms with E-state index in [0.717, 1.165) is 31.7 Å². The lowest BCUT2D eigenvalue weighted by molar-refractivity contribution is -0.137. The number of rotatable bonds is 2. The molecule has 0 spiro atoms. The maximum absolute atomic E-state index is 12.7. The molecule has 0 radical (unpaired) electrons. The quantitative estimate of drug-likeness (QED) is 0.864. The highest BCUT2D eigenvalue weighted by Gasteiger charge is 2.35. The third kappa shape index (κ3) is 2.83. The van der Waals surface area contributed by atoms with Gasteiger partial charge in [-0.25, -0.2) is 0 Å². The minimum atomic E-state index is -4.50. The molecule has 1 amide bonds. The Kier molecular flexibility index (Phi) is 3.59. The Bertz CT molecular complexity index is 436. The normalized spacial score (nSPS) is 16.8. The molecule has 1 saturated carbocycles. The molecular formula is C13H14F3NO. The van der Waals surface area contributed by atoms with Gasteiger partial charge in [-0.05, 0) is 25.0 Å². The van der Waals surface area contributed by atoms with Gasteiger partial charge in [-0.15, -0.1) is 0 Å². The van der Waals surface area contributed by atoms with Crippen LogP contribution in [0.4, 0.5) is 13.2 Å². The highest BCUT2D eigenvalue weighted by atomic mass is 19.4. The molecule has 0 unspecified atom stereocenters. The van der Waals surface area contributed by atoms with Gasteiger partial charge in [-0.3, -0.25) is 4.79 Å². The molecule has 0 atom stereocenters. The molecule has 0 saturated heterocycles. The predicted octanol–water partition coefficient (Wildman–Crippen LogP) is 3.38. The minimum absolute atomic E-state index is 0.0128. The first-order valence-electron chi connectivity index (χ1n) is 5.95. The van der Waals surface area contributed by atoms with Crippen molar-refractivity contribution in [1.29, 1.82) is 0 Å². The number of nitrogens with one attached hydrogen (secondary N) is 1. The van der Waals surface area contributed by atoms with E-state index in [9.17, 15) is 18.0 Å². The first-order chi connectivity index (χ1) is 8.48. The maximum atomic E-state index is 12.7. The Morgan fingerprint density at radius 3 is 2.39 bits per heavy atom. The molecule has 1 aromatic rings. The summed E-state index contributed by atoms with van der Waals surface area (Å²) in [7, 11) is 0. The molecule has 0 aliphatic heterocycles. The van der Waals surface area contributed by atoms with Gasteiger partial charge < -0.3 is 5.32 Å². The van der Waals surface area contributed by atoms with E-state index in [4.69, 9.17) is 0 Å². The first-order valence-corrected chi connectivity index (χ1v) is 5.95. The van der Waals surface area contributed by atoms with Crippen molar-refractivity contribution >= 4 is 5.91 Å². The van der Waals surface area contributed by atoms with E-state index >= 15 is 0 Å². The van der Waals surface area contributed by atoms with E-state index in [2.05, 4.69) is 5.32 Å². The molecular weight excluding hydrogens is 243 g/mol. The third-order valence-corrected chi connectivity index (χ3v) is 3.17. The molecule has 2 nitrogen and oxygen atoms in total. The number of hydrogen-bond donors (Lipinski definition) is 1. The van der Waals surface area contributed by atoms with Crippen LogP contribution in [0.25, 0.3) is 0 Å². The molecule has 1 aromatic carbocycles. The fourth-order valence-electron chi connectivity index (χ4n) is 2.26. The van der Waals surface area contributed by atoms with Crippen molar-refractivity contribution in [3.63, 3.8) is 0 Å². The summed E-state index contributed by atoms with van der Waals surface area (Å²) >= 11 is 0. The van der Waals surface area contributed by atoms with Gasteiger partial charge in [0.15, 0.2) is 0 Å². The van der Waals surface area contributed by atoms with Gasteiger partial charge >= 0.3 is 6.18 Å². The summed E-state index contributed by atoms with van der Waals surface area (Å²) in [6.45, 7) is 0. The number of carbonyl (C=O) groups excluding carboxylic acids is 1. The SMILES string of the molecule is O=C(NC1CCCC1)c1ccccc1C(F)(F)F. The van der Waals surface area contributed by atoms with E-state index in [-0.39, 0.29) is 11.6 Å². The van der Waals surface area contributed by atoms with E-state index in [0.29, 0.717) is 0 Å². The number of alkyl halides is 3. The summed E-state index contributed by atoms with van der Waals surface area (Å²) in [5.41, 5.74) is -1.17. The van der Waals surface area contributed by atoms with Crippen molar-refractivity contribution in [2.75, 3.05) is 0 Å². The average Bonchev–Trinajstić information content (AvgIpc) is 2.80. The molecule has 1 aliphatic rings. The Balaban J connectivity index is 2.19. The standard InChI is InChI=1S/C13H14F3NO/c14-13(15,16)11-8-4-3-7-10(11)12(18)17-9-5-1-2-6-9/h3-4,7-9H,1-2,5-6H2,(H,17,18). The topological polar surface area (TPSA) is 29.1 Å². The molecule has 1 fully saturated rings. The second-order valence-corrected chi connectivity index (χ2v) is 4.50. The number of amides is 1. The van der Waals surface area contributed by atoms with Crippen LogP contribution in [0.1, 0.15) is 41.6 Å². The molecule has 2 rings (SSSR count). The second-order valence-electron chi connectivity index (χ2n) is 4.50. The summed E-state index contributed by atoms with van der Waals surface area (Å²) in [5.74, 6) is -0.630. The van der Waals surface area contributed by atoms with Crippen LogP contribution < -0.4 is 5.32 Å². The Morgan fingerprint density at radius 2 is 1.78 bits per heavy atom. The number of carbonyl (C=O) groups is 1. The van der Waals surface area contributed by atoms with E-state index in [1.54, 1.807) is 0 Å². The Hall–Kier alpha value is -1.52. The highest BCUT2D eigenvalue weighted by molar-refractivity contribution is 5.96. The summed E-state index contributed by atoms with van der Waals surface area (Å²) in [4.78, 5) is 11.9. The Labute approximate surface area is 103 Å². The van der Waals surface area contributed by atoms with E-state index < -0.39 is 17.6 Å². The fraction of sp³-hybridized carbons (Fsp3) is 0.462. The lowest BCUT2D eigenvalue weighted by atomic mass is 10.1. The highest BCUT2D eigenvalue weighted by Crippen LogP contribution is 2.32. The molecule has 98 valence electrons. The number of hydrogen-bond acceptors (Lipinski definition) is 1. The van der Waals surface area contributed by atoms with Crippen molar-refractivity contribution in [2.24, 2.45) is 0 Å². The number of halogens is 3. The summed E-state index contributed by atoms with van der Waals surface area (Å²) in [6, 6.07) is 4.89. The zero-order chi connectivity index (χ0) is 13.2. The van der Waals surface area contributed by atoms with Crippen molar-refractivity contribution in [1.82, 2.24) is 5.32 Å². The molecule has 0 bridgehead atoms. The molecule has 1 aliphatic carbocycles. The molecule has 18 heavy (non-hydrogen) atoms. The van der Waals surface area contributed by atoms with Crippen LogP contribution in [0.15, 0.2) is 24.3 Å². The van der Waals surface area contributed by atoms with Crippen LogP contribution in [0, 0.1) is 0 Å². The van der Waals surface area contributed by atoms with Gasteiger partial charge in [-0.2, -0.15) is 13.2 Å². The third-order valence-electron chi connectivity index (χ3n) is 3.17. The molecule has 1 N–H and O–H groups in total. The summed E-state index contributed by atoms with van der Waals surface area (Å²) < 4.78 is 38.2. The summed E-state index contributed by atoms with van der Waals surface area (Å²) in [6.07, 6.45) is -0.763. The van der Waals surface area contributed by atoms with Gasteiger partial charge in [0.05, 0.1) is 11.1 Å². The van der Waals surface area contributed by atoms with E-state index in [1.807, 2.05) is 0 Å². The molecule has 0 heterocycles. The van der Waals surface area contributed by atoms with Crippen molar-refractivity contribution in [3.05, 3.63) is 35.4 Å². The molecule has 5 heteroatoms. The van der Waals surface area contributed by atoms with Crippen LogP contribution in [0.2, 0.25) is 0 Å². The van der Waals surface area contributed by atoms with Gasteiger partial charge in [-0.1, -0.05) is 25.0 Å². The average molecular weight is 257 g/mol. The van der Waals surface area contributed by atoms with Gasteiger partial charge in [0, 0.05) is 6.04 Å². The van der Waals surface area contributed by atoms with Crippen molar-refractivity contribution in [3.8, 4) is 0 Å². The van der Waals surface area contributed by atoms with E-state index in [1.165, 1.54) is 18.2 Å². The lowest BCUT2D eigenvalue weighted by Crippen LogP contribution is -2.33. The summed E-state index contributed by atoms with van der Waals surface area (Å²) in [5, 5.41) is 2.67. The maximum Gasteiger partial charge on any atom is 0.417 e. The first kappa shape index (κ1) is 12.9. The van der Waals surface area contributed by atoms with Crippen LogP contribution in [-0.2, 0) is 6.18 Å². The second kappa shape index (κ2) is 5.00. The lowest BCUT2D eigenvalue weighted by Gasteiger charge is -2.15. The van der Waals surface area contributed by atoms with Crippen LogP contribution in [0.5, 0.6) is 0 Å². The van der Waals surface area contributed by atoms with Gasteiger partial charge in [0.2, 0.25) is 0 Å². The monoisotopic (exact) mass is 257 g/mol. The van der Waals surface area contributed by atoms with Crippen LogP contribution >= 0.6 is 0 Å². The Morgan fingerprint density at radius 1 is 1.17 bits per heavy atom. The minimum Gasteiger partial charge on any atom is -0.349 e. The zero-order valence-electron chi connectivity index (χ0n) is 9.76. The smallest absolute Gasteiger partial charge is 0.349 e. The fourth-order valence-corrected chi connectivity index (χ4v) is 2.26. The van der Waals surface area contributed by atoms with Crippen LogP contribution in [0.3, 0.4) is 0 Å². The van der Waals surface area contributed by atoms with Crippen molar-refractivity contribution < 1.29 is 18.0 Å². The molecule has 0 aromatic heterocycles. The zero-order valence-corrected chi connectivity index (χ0v) is 9.76. The van der Waals surface area contributed by atoms with Gasteiger partial charge in [0.1, 0.15) is 0 Å².